The summed E-state index contributed by atoms with van der Waals surface area (Å²) in [5, 5.41) is 8.81. The van der Waals surface area contributed by atoms with E-state index >= 15 is 0 Å². The summed E-state index contributed by atoms with van der Waals surface area (Å²) < 4.78 is 28.0. The van der Waals surface area contributed by atoms with Crippen LogP contribution in [0.25, 0.3) is 0 Å². The maximum atomic E-state index is 12.1. The van der Waals surface area contributed by atoms with Crippen LogP contribution >= 0.6 is 43.2 Å². The van der Waals surface area contributed by atoms with E-state index in [1.807, 2.05) is 0 Å². The van der Waals surface area contributed by atoms with Crippen molar-refractivity contribution in [3.05, 3.63) is 44.2 Å². The van der Waals surface area contributed by atoms with E-state index in [0.717, 1.165) is 4.47 Å². The normalized spacial score (nSPS) is 11.3. The van der Waals surface area contributed by atoms with Crippen LogP contribution in [0.15, 0.2) is 43.5 Å². The summed E-state index contributed by atoms with van der Waals surface area (Å²) in [6.07, 6.45) is 0. The number of carbonyl (C=O) groups is 1. The van der Waals surface area contributed by atoms with E-state index in [2.05, 4.69) is 36.6 Å². The van der Waals surface area contributed by atoms with Crippen LogP contribution in [0.2, 0.25) is 0 Å². The second-order valence-corrected chi connectivity index (χ2v) is 8.42. The van der Waals surface area contributed by atoms with Gasteiger partial charge in [-0.2, -0.15) is 0 Å². The van der Waals surface area contributed by atoms with Gasteiger partial charge in [0.25, 0.3) is 10.0 Å². The summed E-state index contributed by atoms with van der Waals surface area (Å²) in [6, 6.07) is 7.52. The van der Waals surface area contributed by atoms with Gasteiger partial charge in [0.05, 0.1) is 5.69 Å². The van der Waals surface area contributed by atoms with Gasteiger partial charge in [-0.05, 0) is 46.3 Å². The zero-order valence-corrected chi connectivity index (χ0v) is 14.4. The molecule has 0 atom stereocenters. The number of anilines is 1. The van der Waals surface area contributed by atoms with Crippen molar-refractivity contribution < 1.29 is 18.3 Å². The summed E-state index contributed by atoms with van der Waals surface area (Å²) in [6.45, 7) is 0. The number of nitrogens with one attached hydrogen (secondary N) is 1. The molecule has 0 radical (unpaired) electrons. The van der Waals surface area contributed by atoms with Gasteiger partial charge in [-0.1, -0.05) is 15.9 Å². The molecule has 9 heteroatoms. The number of hydrogen-bond donors (Lipinski definition) is 2. The minimum atomic E-state index is -3.80. The molecule has 0 bridgehead atoms. The molecule has 106 valence electrons. The number of aromatic carboxylic acids is 1. The summed E-state index contributed by atoms with van der Waals surface area (Å²) in [4.78, 5) is 10.7. The van der Waals surface area contributed by atoms with E-state index in [9.17, 15) is 13.2 Å². The van der Waals surface area contributed by atoms with Crippen molar-refractivity contribution in [3.63, 3.8) is 0 Å². The molecular weight excluding hydrogens is 434 g/mol. The highest BCUT2D eigenvalue weighted by atomic mass is 79.9. The Morgan fingerprint density at radius 3 is 2.45 bits per heavy atom. The van der Waals surface area contributed by atoms with Gasteiger partial charge in [0.15, 0.2) is 0 Å². The molecule has 1 aromatic heterocycles. The molecule has 2 rings (SSSR count). The predicted octanol–water partition coefficient (Wildman–Crippen LogP) is 3.77. The first-order chi connectivity index (χ1) is 9.29. The topological polar surface area (TPSA) is 83.5 Å². The SMILES string of the molecule is O=C(O)c1ccc(S(=O)(=O)Nc2ccc(Br)cc2Br)s1. The highest BCUT2D eigenvalue weighted by Gasteiger charge is 2.20. The molecule has 0 amide bonds. The molecule has 0 aliphatic rings. The molecule has 2 N–H and O–H groups in total. The second kappa shape index (κ2) is 5.84. The average Bonchev–Trinajstić information content (AvgIpc) is 2.83. The lowest BCUT2D eigenvalue weighted by Crippen LogP contribution is -2.11. The van der Waals surface area contributed by atoms with E-state index in [-0.39, 0.29) is 9.09 Å². The van der Waals surface area contributed by atoms with Gasteiger partial charge in [0, 0.05) is 8.95 Å². The molecule has 0 saturated carbocycles. The molecule has 20 heavy (non-hydrogen) atoms. The van der Waals surface area contributed by atoms with Crippen LogP contribution in [0, 0.1) is 0 Å². The van der Waals surface area contributed by atoms with Crippen molar-refractivity contribution in [2.75, 3.05) is 4.72 Å². The summed E-state index contributed by atoms with van der Waals surface area (Å²) >= 11 is 7.22. The zero-order chi connectivity index (χ0) is 14.9. The van der Waals surface area contributed by atoms with Gasteiger partial charge >= 0.3 is 5.97 Å². The monoisotopic (exact) mass is 439 g/mol. The number of halogens is 2. The van der Waals surface area contributed by atoms with Crippen LogP contribution in [-0.2, 0) is 10.0 Å². The fraction of sp³-hybridized carbons (Fsp3) is 0. The molecule has 0 aliphatic heterocycles. The van der Waals surface area contributed by atoms with Crippen LogP contribution < -0.4 is 4.72 Å². The fourth-order valence-electron chi connectivity index (χ4n) is 1.35. The molecule has 1 heterocycles. The quantitative estimate of drug-likeness (QED) is 0.757. The Kier molecular flexibility index (Phi) is 4.52. The average molecular weight is 441 g/mol. The zero-order valence-electron chi connectivity index (χ0n) is 9.63. The standard InChI is InChI=1S/C11H7Br2NO4S2/c12-6-1-2-8(7(13)5-6)14-20(17,18)10-4-3-9(19-10)11(15)16/h1-5,14H,(H,15,16). The Hall–Kier alpha value is -0.900. The number of thiophene rings is 1. The van der Waals surface area contributed by atoms with Crippen LogP contribution in [0.1, 0.15) is 9.67 Å². The van der Waals surface area contributed by atoms with Gasteiger partial charge in [0.1, 0.15) is 9.09 Å². The smallest absolute Gasteiger partial charge is 0.345 e. The number of sulfonamides is 1. The van der Waals surface area contributed by atoms with E-state index in [4.69, 9.17) is 5.11 Å². The van der Waals surface area contributed by atoms with Gasteiger partial charge in [0.2, 0.25) is 0 Å². The van der Waals surface area contributed by atoms with Crippen LogP contribution in [0.5, 0.6) is 0 Å². The predicted molar refractivity (Wildman–Crippen MR) is 83.9 cm³/mol. The maximum absolute atomic E-state index is 12.1. The third-order valence-electron chi connectivity index (χ3n) is 2.23. The number of carboxylic acid groups (broad SMARTS) is 1. The Morgan fingerprint density at radius 1 is 1.20 bits per heavy atom. The number of benzene rings is 1. The molecule has 2 aromatic rings. The molecule has 0 spiro atoms. The molecule has 0 aliphatic carbocycles. The molecule has 5 nitrogen and oxygen atoms in total. The van der Waals surface area contributed by atoms with Crippen LogP contribution in [0.3, 0.4) is 0 Å². The number of carboxylic acids is 1. The van der Waals surface area contributed by atoms with Crippen molar-refractivity contribution >= 4 is 64.9 Å². The first kappa shape index (κ1) is 15.5. The minimum absolute atomic E-state index is 0.0275. The number of hydrogen-bond acceptors (Lipinski definition) is 4. The van der Waals surface area contributed by atoms with E-state index < -0.39 is 16.0 Å². The Morgan fingerprint density at radius 2 is 1.90 bits per heavy atom. The van der Waals surface area contributed by atoms with Crippen molar-refractivity contribution in [1.82, 2.24) is 0 Å². The first-order valence-electron chi connectivity index (χ1n) is 5.10. The van der Waals surface area contributed by atoms with Crippen LogP contribution in [0.4, 0.5) is 5.69 Å². The highest BCUT2D eigenvalue weighted by Crippen LogP contribution is 2.30. The molecule has 0 fully saturated rings. The summed E-state index contributed by atoms with van der Waals surface area (Å²) in [7, 11) is -3.80. The lowest BCUT2D eigenvalue weighted by Gasteiger charge is -2.08. The minimum Gasteiger partial charge on any atom is -0.477 e. The first-order valence-corrected chi connectivity index (χ1v) is 8.99. The molecular formula is C11H7Br2NO4S2. The summed E-state index contributed by atoms with van der Waals surface area (Å²) in [5.74, 6) is -1.15. The third kappa shape index (κ3) is 3.40. The van der Waals surface area contributed by atoms with E-state index in [0.29, 0.717) is 21.5 Å². The van der Waals surface area contributed by atoms with Gasteiger partial charge in [-0.25, -0.2) is 13.2 Å². The lowest BCUT2D eigenvalue weighted by molar-refractivity contribution is 0.0702. The summed E-state index contributed by atoms with van der Waals surface area (Å²) in [5.41, 5.74) is 0.374. The molecule has 0 saturated heterocycles. The number of rotatable bonds is 4. The van der Waals surface area contributed by atoms with Gasteiger partial charge < -0.3 is 5.11 Å². The van der Waals surface area contributed by atoms with Crippen molar-refractivity contribution in [2.24, 2.45) is 0 Å². The lowest BCUT2D eigenvalue weighted by atomic mass is 10.3. The molecule has 1 aromatic carbocycles. The largest absolute Gasteiger partial charge is 0.477 e. The third-order valence-corrected chi connectivity index (χ3v) is 6.31. The fourth-order valence-corrected chi connectivity index (χ4v) is 4.85. The van der Waals surface area contributed by atoms with E-state index in [1.165, 1.54) is 12.1 Å². The van der Waals surface area contributed by atoms with Gasteiger partial charge in [-0.3, -0.25) is 4.72 Å². The van der Waals surface area contributed by atoms with Gasteiger partial charge in [-0.15, -0.1) is 11.3 Å². The van der Waals surface area contributed by atoms with E-state index in [1.54, 1.807) is 18.2 Å². The van der Waals surface area contributed by atoms with Crippen molar-refractivity contribution in [2.45, 2.75) is 4.21 Å². The Bertz CT molecular complexity index is 770. The second-order valence-electron chi connectivity index (χ2n) is 3.65. The maximum Gasteiger partial charge on any atom is 0.345 e. The van der Waals surface area contributed by atoms with Crippen molar-refractivity contribution in [3.8, 4) is 0 Å². The Labute approximate surface area is 135 Å². The highest BCUT2D eigenvalue weighted by molar-refractivity contribution is 9.11. The van der Waals surface area contributed by atoms with Crippen LogP contribution in [-0.4, -0.2) is 19.5 Å². The van der Waals surface area contributed by atoms with Crippen molar-refractivity contribution in [1.29, 1.82) is 0 Å². The molecule has 0 unspecified atom stereocenters. The Balaban J connectivity index is 2.33.